The van der Waals surface area contributed by atoms with E-state index in [-0.39, 0.29) is 12.5 Å². The molecular weight excluding hydrogens is 318 g/mol. The lowest BCUT2D eigenvalue weighted by Crippen LogP contribution is -2.22. The highest BCUT2D eigenvalue weighted by Crippen LogP contribution is 2.15. The average Bonchev–Trinajstić information content (AvgIpc) is 3.21. The molecule has 0 saturated carbocycles. The minimum absolute atomic E-state index is 0.139. The number of rotatable bonds is 5. The lowest BCUT2D eigenvalue weighted by molar-refractivity contribution is 0.0946. The number of nitrogens with zero attached hydrogens (tertiary/aromatic N) is 4. The molecule has 0 atom stereocenters. The van der Waals surface area contributed by atoms with Crippen LogP contribution in [0.1, 0.15) is 23.2 Å². The van der Waals surface area contributed by atoms with E-state index in [0.717, 1.165) is 12.1 Å². The number of benzene rings is 1. The lowest BCUT2D eigenvalue weighted by Gasteiger charge is -2.02. The molecule has 0 aliphatic rings. The Morgan fingerprint density at radius 1 is 1.43 bits per heavy atom. The van der Waals surface area contributed by atoms with E-state index in [1.165, 1.54) is 0 Å². The quantitative estimate of drug-likeness (QED) is 0.776. The van der Waals surface area contributed by atoms with Gasteiger partial charge in [0.2, 0.25) is 11.7 Å². The van der Waals surface area contributed by atoms with Gasteiger partial charge in [-0.1, -0.05) is 22.8 Å². The summed E-state index contributed by atoms with van der Waals surface area (Å²) in [6.45, 7) is 2.89. The van der Waals surface area contributed by atoms with Crippen LogP contribution in [0.5, 0.6) is 0 Å². The first-order valence-electron chi connectivity index (χ1n) is 7.05. The highest BCUT2D eigenvalue weighted by Gasteiger charge is 2.12. The van der Waals surface area contributed by atoms with Crippen LogP contribution < -0.4 is 5.32 Å². The Kier molecular flexibility index (Phi) is 4.38. The van der Waals surface area contributed by atoms with Crippen LogP contribution in [0, 0.1) is 0 Å². The molecule has 2 heterocycles. The third-order valence-corrected chi connectivity index (χ3v) is 3.41. The highest BCUT2D eigenvalue weighted by atomic mass is 35.5. The van der Waals surface area contributed by atoms with Crippen LogP contribution in [0.2, 0.25) is 5.02 Å². The third kappa shape index (κ3) is 3.57. The zero-order chi connectivity index (χ0) is 16.2. The molecule has 1 amide bonds. The van der Waals surface area contributed by atoms with E-state index in [1.807, 2.05) is 13.1 Å². The fourth-order valence-electron chi connectivity index (χ4n) is 1.98. The molecule has 0 aliphatic carbocycles. The second kappa shape index (κ2) is 6.62. The van der Waals surface area contributed by atoms with Gasteiger partial charge in [-0.25, -0.2) is 0 Å². The number of nitrogens with one attached hydrogen (secondary N) is 1. The van der Waals surface area contributed by atoms with Crippen LogP contribution in [0.15, 0.2) is 41.2 Å². The van der Waals surface area contributed by atoms with E-state index in [4.69, 9.17) is 16.1 Å². The minimum atomic E-state index is -0.258. The molecule has 2 aromatic heterocycles. The van der Waals surface area contributed by atoms with E-state index < -0.39 is 0 Å². The van der Waals surface area contributed by atoms with Crippen molar-refractivity contribution in [1.29, 1.82) is 0 Å². The first-order chi connectivity index (χ1) is 11.2. The van der Waals surface area contributed by atoms with Crippen molar-refractivity contribution in [3.8, 4) is 11.4 Å². The number of aryl methyl sites for hydroxylation is 1. The number of hydrogen-bond acceptors (Lipinski definition) is 5. The standard InChI is InChI=1S/C15H14ClN5O2/c1-2-21-9-11(7-18-21)14-19-13(23-20-14)8-17-15(22)10-4-3-5-12(16)6-10/h3-7,9H,2,8H2,1H3,(H,17,22). The molecule has 3 rings (SSSR count). The first-order valence-corrected chi connectivity index (χ1v) is 7.42. The molecule has 1 aromatic carbocycles. The summed E-state index contributed by atoms with van der Waals surface area (Å²) in [6.07, 6.45) is 3.50. The van der Waals surface area contributed by atoms with Crippen LogP contribution in [0.4, 0.5) is 0 Å². The van der Waals surface area contributed by atoms with Crippen LogP contribution in [0.25, 0.3) is 11.4 Å². The fraction of sp³-hybridized carbons (Fsp3) is 0.200. The topological polar surface area (TPSA) is 85.8 Å². The molecule has 23 heavy (non-hydrogen) atoms. The Bertz CT molecular complexity index is 827. The molecule has 118 valence electrons. The van der Waals surface area contributed by atoms with Gasteiger partial charge in [0.1, 0.15) is 0 Å². The monoisotopic (exact) mass is 331 g/mol. The van der Waals surface area contributed by atoms with Crippen LogP contribution >= 0.6 is 11.6 Å². The van der Waals surface area contributed by atoms with Crippen LogP contribution in [0.3, 0.4) is 0 Å². The lowest BCUT2D eigenvalue weighted by atomic mass is 10.2. The first kappa shape index (κ1) is 15.2. The number of hydrogen-bond donors (Lipinski definition) is 1. The van der Waals surface area contributed by atoms with Gasteiger partial charge >= 0.3 is 0 Å². The summed E-state index contributed by atoms with van der Waals surface area (Å²) >= 11 is 5.86. The smallest absolute Gasteiger partial charge is 0.251 e. The highest BCUT2D eigenvalue weighted by molar-refractivity contribution is 6.30. The fourth-order valence-corrected chi connectivity index (χ4v) is 2.17. The van der Waals surface area contributed by atoms with Crippen molar-refractivity contribution in [3.05, 3.63) is 53.1 Å². The largest absolute Gasteiger partial charge is 0.343 e. The SMILES string of the molecule is CCn1cc(-c2noc(CNC(=O)c3cccc(Cl)c3)n2)cn1. The molecule has 7 nitrogen and oxygen atoms in total. The zero-order valence-corrected chi connectivity index (χ0v) is 13.1. The van der Waals surface area contributed by atoms with Gasteiger partial charge in [-0.15, -0.1) is 0 Å². The van der Waals surface area contributed by atoms with Crippen molar-refractivity contribution in [2.75, 3.05) is 0 Å². The summed E-state index contributed by atoms with van der Waals surface area (Å²) < 4.78 is 6.90. The summed E-state index contributed by atoms with van der Waals surface area (Å²) in [5.74, 6) is 0.502. The molecular formula is C15H14ClN5O2. The van der Waals surface area contributed by atoms with Crippen molar-refractivity contribution in [1.82, 2.24) is 25.2 Å². The second-order valence-electron chi connectivity index (χ2n) is 4.79. The molecule has 3 aromatic rings. The van der Waals surface area contributed by atoms with E-state index in [0.29, 0.717) is 22.3 Å². The Balaban J connectivity index is 1.64. The maximum Gasteiger partial charge on any atom is 0.251 e. The molecule has 0 aliphatic heterocycles. The summed E-state index contributed by atoms with van der Waals surface area (Å²) in [5.41, 5.74) is 1.24. The summed E-state index contributed by atoms with van der Waals surface area (Å²) in [6, 6.07) is 6.70. The molecule has 0 saturated heterocycles. The maximum atomic E-state index is 12.0. The molecule has 8 heteroatoms. The maximum absolute atomic E-state index is 12.0. The van der Waals surface area contributed by atoms with E-state index in [9.17, 15) is 4.79 Å². The Morgan fingerprint density at radius 3 is 3.04 bits per heavy atom. The van der Waals surface area contributed by atoms with E-state index >= 15 is 0 Å². The number of aromatic nitrogens is 4. The Morgan fingerprint density at radius 2 is 2.30 bits per heavy atom. The van der Waals surface area contributed by atoms with E-state index in [1.54, 1.807) is 35.1 Å². The third-order valence-electron chi connectivity index (χ3n) is 3.17. The number of carbonyl (C=O) groups is 1. The van der Waals surface area contributed by atoms with Gasteiger partial charge < -0.3 is 9.84 Å². The van der Waals surface area contributed by atoms with Gasteiger partial charge in [-0.3, -0.25) is 9.48 Å². The van der Waals surface area contributed by atoms with Gasteiger partial charge in [0.25, 0.3) is 5.91 Å². The normalized spacial score (nSPS) is 10.7. The molecule has 1 N–H and O–H groups in total. The summed E-state index contributed by atoms with van der Waals surface area (Å²) in [7, 11) is 0. The number of halogens is 1. The Labute approximate surface area is 137 Å². The molecule has 0 spiro atoms. The van der Waals surface area contributed by atoms with Crippen molar-refractivity contribution in [2.45, 2.75) is 20.0 Å². The minimum Gasteiger partial charge on any atom is -0.343 e. The average molecular weight is 332 g/mol. The molecule has 0 radical (unpaired) electrons. The van der Waals surface area contributed by atoms with Crippen molar-refractivity contribution in [3.63, 3.8) is 0 Å². The molecule has 0 unspecified atom stereocenters. The second-order valence-corrected chi connectivity index (χ2v) is 5.23. The van der Waals surface area contributed by atoms with Crippen molar-refractivity contribution < 1.29 is 9.32 Å². The van der Waals surface area contributed by atoms with Gasteiger partial charge in [0.15, 0.2) is 0 Å². The zero-order valence-electron chi connectivity index (χ0n) is 12.4. The van der Waals surface area contributed by atoms with Crippen molar-refractivity contribution >= 4 is 17.5 Å². The van der Waals surface area contributed by atoms with Gasteiger partial charge in [0, 0.05) is 23.3 Å². The van der Waals surface area contributed by atoms with E-state index in [2.05, 4.69) is 20.6 Å². The Hall–Kier alpha value is -2.67. The summed E-state index contributed by atoms with van der Waals surface area (Å²) in [4.78, 5) is 16.3. The van der Waals surface area contributed by atoms with Gasteiger partial charge in [-0.2, -0.15) is 10.1 Å². The van der Waals surface area contributed by atoms with Gasteiger partial charge in [0.05, 0.1) is 18.3 Å². The molecule has 0 bridgehead atoms. The number of carbonyl (C=O) groups excluding carboxylic acids is 1. The summed E-state index contributed by atoms with van der Waals surface area (Å²) in [5, 5.41) is 11.3. The van der Waals surface area contributed by atoms with Crippen LogP contribution in [-0.2, 0) is 13.1 Å². The predicted molar refractivity (Wildman–Crippen MR) is 83.8 cm³/mol. The van der Waals surface area contributed by atoms with Crippen molar-refractivity contribution in [2.24, 2.45) is 0 Å². The number of amides is 1. The van der Waals surface area contributed by atoms with Crippen LogP contribution in [-0.4, -0.2) is 25.8 Å². The van der Waals surface area contributed by atoms with Gasteiger partial charge in [-0.05, 0) is 25.1 Å². The molecule has 0 fully saturated rings. The predicted octanol–water partition coefficient (Wildman–Crippen LogP) is 2.54.